The van der Waals surface area contributed by atoms with Crippen molar-refractivity contribution in [3.63, 3.8) is 0 Å². The van der Waals surface area contributed by atoms with E-state index in [-0.39, 0.29) is 10.9 Å². The van der Waals surface area contributed by atoms with E-state index in [0.717, 1.165) is 23.1 Å². The molecule has 0 amide bonds. The second-order valence-corrected chi connectivity index (χ2v) is 9.63. The molecule has 0 aliphatic carbocycles. The molecule has 1 saturated heterocycles. The topological polar surface area (TPSA) is 76.2 Å². The van der Waals surface area contributed by atoms with Crippen LogP contribution >= 0.6 is 0 Å². The third-order valence-electron chi connectivity index (χ3n) is 5.71. The Hall–Kier alpha value is -2.42. The van der Waals surface area contributed by atoms with E-state index in [0.29, 0.717) is 17.7 Å². The maximum absolute atomic E-state index is 12.9. The lowest BCUT2D eigenvalue weighted by Crippen LogP contribution is -2.25. The fourth-order valence-corrected chi connectivity index (χ4v) is 4.81. The predicted molar refractivity (Wildman–Crippen MR) is 120 cm³/mol. The molecule has 168 valence electrons. The number of hydrogen-bond donors (Lipinski definition) is 0. The average Bonchev–Trinajstić information content (AvgIpc) is 3.30. The summed E-state index contributed by atoms with van der Waals surface area (Å²) >= 11 is 0. The van der Waals surface area contributed by atoms with Crippen molar-refractivity contribution in [3.05, 3.63) is 53.6 Å². The predicted octanol–water partition coefficient (Wildman–Crippen LogP) is 3.88. The number of rotatable bonds is 8. The van der Waals surface area contributed by atoms with Crippen LogP contribution < -0.4 is 9.64 Å². The molecule has 1 unspecified atom stereocenters. The van der Waals surface area contributed by atoms with E-state index in [1.54, 1.807) is 6.92 Å². The highest BCUT2D eigenvalue weighted by atomic mass is 32.2. The zero-order chi connectivity index (χ0) is 22.6. The molecule has 2 aromatic carbocycles. The van der Waals surface area contributed by atoms with Crippen LogP contribution in [0, 0.1) is 6.92 Å². The van der Waals surface area contributed by atoms with E-state index in [9.17, 15) is 13.2 Å². The van der Waals surface area contributed by atoms with Crippen molar-refractivity contribution >= 4 is 21.7 Å². The summed E-state index contributed by atoms with van der Waals surface area (Å²) in [6.07, 6.45) is 3.03. The zero-order valence-corrected chi connectivity index (χ0v) is 19.3. The van der Waals surface area contributed by atoms with Crippen LogP contribution in [0.2, 0.25) is 0 Å². The number of anilines is 1. The highest BCUT2D eigenvalue weighted by molar-refractivity contribution is 7.89. The van der Waals surface area contributed by atoms with E-state index in [1.165, 1.54) is 50.9 Å². The quantitative estimate of drug-likeness (QED) is 0.348. The number of esters is 1. The summed E-state index contributed by atoms with van der Waals surface area (Å²) in [6.45, 7) is 5.80. The van der Waals surface area contributed by atoms with Crippen LogP contribution in [-0.4, -0.2) is 46.1 Å². The maximum atomic E-state index is 12.9. The number of carbonyl (C=O) groups is 1. The molecule has 8 heteroatoms. The van der Waals surface area contributed by atoms with Gasteiger partial charge in [-0.3, -0.25) is 9.63 Å². The molecule has 1 heterocycles. The van der Waals surface area contributed by atoms with Crippen molar-refractivity contribution in [3.8, 4) is 5.75 Å². The number of hydrogen-bond acceptors (Lipinski definition) is 6. The van der Waals surface area contributed by atoms with Crippen LogP contribution in [0.4, 0.5) is 5.69 Å². The molecule has 0 bridgehead atoms. The molecular formula is C23H30N2O5S. The average molecular weight is 447 g/mol. The van der Waals surface area contributed by atoms with Gasteiger partial charge in [0.15, 0.2) is 0 Å². The van der Waals surface area contributed by atoms with Gasteiger partial charge in [0.25, 0.3) is 10.0 Å². The summed E-state index contributed by atoms with van der Waals surface area (Å²) in [5.41, 5.74) is 2.64. The minimum Gasteiger partial charge on any atom is -0.426 e. The molecule has 1 aliphatic rings. The number of benzene rings is 2. The molecule has 7 nitrogen and oxygen atoms in total. The first-order chi connectivity index (χ1) is 14.8. The van der Waals surface area contributed by atoms with Crippen molar-refractivity contribution in [1.29, 1.82) is 0 Å². The van der Waals surface area contributed by atoms with Crippen molar-refractivity contribution in [2.45, 2.75) is 43.9 Å². The molecule has 31 heavy (non-hydrogen) atoms. The Kier molecular flexibility index (Phi) is 7.35. The Labute approximate surface area is 184 Å². The van der Waals surface area contributed by atoms with Gasteiger partial charge in [-0.1, -0.05) is 23.5 Å². The van der Waals surface area contributed by atoms with Gasteiger partial charge < -0.3 is 9.64 Å². The minimum atomic E-state index is -3.77. The number of aryl methyl sites for hydroxylation is 1. The summed E-state index contributed by atoms with van der Waals surface area (Å²) in [7, 11) is -1.17. The van der Waals surface area contributed by atoms with Gasteiger partial charge in [0.2, 0.25) is 0 Å². The van der Waals surface area contributed by atoms with Gasteiger partial charge in [0.1, 0.15) is 5.75 Å². The third-order valence-corrected chi connectivity index (χ3v) is 7.39. The Morgan fingerprint density at radius 1 is 1.13 bits per heavy atom. The van der Waals surface area contributed by atoms with E-state index >= 15 is 0 Å². The van der Waals surface area contributed by atoms with Crippen molar-refractivity contribution in [2.24, 2.45) is 0 Å². The summed E-state index contributed by atoms with van der Waals surface area (Å²) in [6, 6.07) is 12.5. The highest BCUT2D eigenvalue weighted by Gasteiger charge is 2.24. The lowest BCUT2D eigenvalue weighted by molar-refractivity contribution is -0.136. The molecule has 0 spiro atoms. The van der Waals surface area contributed by atoms with Crippen LogP contribution in [0.1, 0.15) is 43.2 Å². The van der Waals surface area contributed by atoms with Gasteiger partial charge >= 0.3 is 5.97 Å². The minimum absolute atomic E-state index is 0.0682. The second-order valence-electron chi connectivity index (χ2n) is 7.69. The summed E-state index contributed by atoms with van der Waals surface area (Å²) in [5.74, 6) is -0.407. The van der Waals surface area contributed by atoms with Gasteiger partial charge in [-0.05, 0) is 67.6 Å². The van der Waals surface area contributed by atoms with Crippen molar-refractivity contribution < 1.29 is 22.8 Å². The number of sulfonamides is 1. The third kappa shape index (κ3) is 5.08. The molecule has 1 aliphatic heterocycles. The number of carbonyl (C=O) groups excluding carboxylic acids is 1. The summed E-state index contributed by atoms with van der Waals surface area (Å²) in [5, 5.41) is 0. The molecule has 0 saturated carbocycles. The van der Waals surface area contributed by atoms with Crippen LogP contribution in [0.15, 0.2) is 47.4 Å². The number of ether oxygens (including phenoxy) is 1. The van der Waals surface area contributed by atoms with E-state index in [1.807, 2.05) is 19.1 Å². The van der Waals surface area contributed by atoms with Crippen LogP contribution in [-0.2, 0) is 19.7 Å². The summed E-state index contributed by atoms with van der Waals surface area (Å²) in [4.78, 5) is 20.1. The Morgan fingerprint density at radius 3 is 2.32 bits per heavy atom. The lowest BCUT2D eigenvalue weighted by Gasteiger charge is -2.20. The fourth-order valence-electron chi connectivity index (χ4n) is 3.75. The van der Waals surface area contributed by atoms with Gasteiger partial charge in [-0.15, -0.1) is 0 Å². The van der Waals surface area contributed by atoms with E-state index in [2.05, 4.69) is 17.0 Å². The molecular weight excluding hydrogens is 416 g/mol. The number of hydroxylamine groups is 1. The number of nitrogens with zero attached hydrogens (tertiary/aromatic N) is 2. The molecule has 0 aromatic heterocycles. The smallest absolute Gasteiger partial charge is 0.318 e. The fraction of sp³-hybridized carbons (Fsp3) is 0.435. The standard InChI is InChI=1S/C23H30N2O5S/c1-5-21(18-8-10-19(11-9-18)25-14-6-7-15-25)23(26)30-22-13-12-20(16-17(22)2)31(27,28)24(3)29-4/h8-13,16,21H,5-7,14-15H2,1-4H3. The first-order valence-corrected chi connectivity index (χ1v) is 11.9. The molecule has 0 N–H and O–H groups in total. The molecule has 1 fully saturated rings. The zero-order valence-electron chi connectivity index (χ0n) is 18.5. The van der Waals surface area contributed by atoms with Gasteiger partial charge in [0.05, 0.1) is 17.9 Å². The monoisotopic (exact) mass is 446 g/mol. The first-order valence-electron chi connectivity index (χ1n) is 10.5. The van der Waals surface area contributed by atoms with Crippen molar-refractivity contribution in [2.75, 3.05) is 32.1 Å². The highest BCUT2D eigenvalue weighted by Crippen LogP contribution is 2.29. The van der Waals surface area contributed by atoms with Crippen molar-refractivity contribution in [1.82, 2.24) is 4.47 Å². The second kappa shape index (κ2) is 9.80. The molecule has 2 aromatic rings. The molecule has 1 atom stereocenters. The molecule has 0 radical (unpaired) electrons. The lowest BCUT2D eigenvalue weighted by atomic mass is 9.96. The van der Waals surface area contributed by atoms with Crippen LogP contribution in [0.3, 0.4) is 0 Å². The van der Waals surface area contributed by atoms with Gasteiger partial charge in [-0.2, -0.15) is 0 Å². The van der Waals surface area contributed by atoms with Gasteiger partial charge in [-0.25, -0.2) is 8.42 Å². The maximum Gasteiger partial charge on any atom is 0.318 e. The normalized spacial score (nSPS) is 15.3. The largest absolute Gasteiger partial charge is 0.426 e. The van der Waals surface area contributed by atoms with Crippen LogP contribution in [0.25, 0.3) is 0 Å². The van der Waals surface area contributed by atoms with E-state index < -0.39 is 15.9 Å². The van der Waals surface area contributed by atoms with Crippen LogP contribution in [0.5, 0.6) is 5.75 Å². The SMILES string of the molecule is CCC(C(=O)Oc1ccc(S(=O)(=O)N(C)OC)cc1C)c1ccc(N2CCCC2)cc1. The molecule has 3 rings (SSSR count). The Bertz CT molecular complexity index is 1010. The first kappa shape index (κ1) is 23.2. The van der Waals surface area contributed by atoms with Gasteiger partial charge in [0, 0.05) is 25.8 Å². The van der Waals surface area contributed by atoms with E-state index in [4.69, 9.17) is 9.57 Å². The Balaban J connectivity index is 1.74. The summed E-state index contributed by atoms with van der Waals surface area (Å²) < 4.78 is 31.2. The Morgan fingerprint density at radius 2 is 1.77 bits per heavy atom.